The summed E-state index contributed by atoms with van der Waals surface area (Å²) in [5.74, 6) is -0.928. The molecule has 0 spiro atoms. The van der Waals surface area contributed by atoms with Crippen molar-refractivity contribution in [1.29, 1.82) is 0 Å². The molecule has 0 saturated carbocycles. The number of hydrogen-bond acceptors (Lipinski definition) is 3. The number of carboxylic acid groups (broad SMARTS) is 1. The van der Waals surface area contributed by atoms with Crippen LogP contribution in [0.3, 0.4) is 0 Å². The number of benzene rings is 2. The van der Waals surface area contributed by atoms with Crippen LogP contribution in [0.25, 0.3) is 0 Å². The molecule has 0 unspecified atom stereocenters. The molecule has 0 saturated heterocycles. The molecule has 6 heteroatoms. The number of ether oxygens (including phenoxy) is 1. The van der Waals surface area contributed by atoms with Crippen LogP contribution in [0.2, 0.25) is 0 Å². The van der Waals surface area contributed by atoms with Gasteiger partial charge < -0.3 is 15.2 Å². The smallest absolute Gasteiger partial charge is 0.341 e. The summed E-state index contributed by atoms with van der Waals surface area (Å²) in [5.41, 5.74) is 1.06. The van der Waals surface area contributed by atoms with Crippen molar-refractivity contribution in [3.63, 3.8) is 0 Å². The topological polar surface area (TPSA) is 75.6 Å². The molecule has 2 aromatic rings. The maximum absolute atomic E-state index is 12.0. The van der Waals surface area contributed by atoms with E-state index in [2.05, 4.69) is 21.2 Å². The second-order valence-electron chi connectivity index (χ2n) is 4.17. The summed E-state index contributed by atoms with van der Waals surface area (Å²) < 4.78 is 5.95. The average molecular weight is 350 g/mol. The highest BCUT2D eigenvalue weighted by Gasteiger charge is 2.07. The van der Waals surface area contributed by atoms with Gasteiger partial charge in [-0.25, -0.2) is 4.79 Å². The molecule has 0 atom stereocenters. The van der Waals surface area contributed by atoms with Gasteiger partial charge in [0.2, 0.25) is 0 Å². The number of halogens is 1. The quantitative estimate of drug-likeness (QED) is 0.869. The fourth-order valence-corrected chi connectivity index (χ4v) is 1.88. The fraction of sp³-hybridized carbons (Fsp3) is 0.0667. The Balaban J connectivity index is 2.05. The number of nitrogens with one attached hydrogen (secondary N) is 1. The second-order valence-corrected chi connectivity index (χ2v) is 5.09. The lowest BCUT2D eigenvalue weighted by Crippen LogP contribution is -2.12. The van der Waals surface area contributed by atoms with Crippen molar-refractivity contribution < 1.29 is 19.4 Å². The Bertz CT molecular complexity index is 655. The molecule has 1 amide bonds. The molecule has 21 heavy (non-hydrogen) atoms. The standard InChI is InChI=1S/C15H12BrNO4/c16-11-6-4-10(5-7-11)15(20)17-12-2-1-3-13(8-12)21-9-14(18)19/h1-8H,9H2,(H,17,20)(H,18,19). The number of carbonyl (C=O) groups excluding carboxylic acids is 1. The van der Waals surface area contributed by atoms with Crippen molar-refractivity contribution >= 4 is 33.5 Å². The summed E-state index contributed by atoms with van der Waals surface area (Å²) in [4.78, 5) is 22.5. The van der Waals surface area contributed by atoms with Gasteiger partial charge in [-0.05, 0) is 36.4 Å². The lowest BCUT2D eigenvalue weighted by atomic mass is 10.2. The Morgan fingerprint density at radius 3 is 2.52 bits per heavy atom. The normalized spacial score (nSPS) is 9.95. The molecule has 108 valence electrons. The Morgan fingerprint density at radius 2 is 1.86 bits per heavy atom. The van der Waals surface area contributed by atoms with Gasteiger partial charge in [0.25, 0.3) is 5.91 Å². The summed E-state index contributed by atoms with van der Waals surface area (Å²) in [5, 5.41) is 11.3. The lowest BCUT2D eigenvalue weighted by molar-refractivity contribution is -0.139. The first-order valence-electron chi connectivity index (χ1n) is 6.06. The third-order valence-electron chi connectivity index (χ3n) is 2.56. The molecular formula is C15H12BrNO4. The third-order valence-corrected chi connectivity index (χ3v) is 3.09. The lowest BCUT2D eigenvalue weighted by Gasteiger charge is -2.08. The summed E-state index contributed by atoms with van der Waals surface area (Å²) in [6, 6.07) is 13.5. The van der Waals surface area contributed by atoms with Crippen LogP contribution in [0.4, 0.5) is 5.69 Å². The summed E-state index contributed by atoms with van der Waals surface area (Å²) >= 11 is 3.30. The molecule has 0 heterocycles. The molecule has 0 fully saturated rings. The van der Waals surface area contributed by atoms with Crippen molar-refractivity contribution in [2.75, 3.05) is 11.9 Å². The van der Waals surface area contributed by atoms with E-state index in [-0.39, 0.29) is 5.91 Å². The molecule has 0 aliphatic carbocycles. The molecule has 0 bridgehead atoms. The van der Waals surface area contributed by atoms with E-state index < -0.39 is 12.6 Å². The number of hydrogen-bond donors (Lipinski definition) is 2. The van der Waals surface area contributed by atoms with Gasteiger partial charge in [-0.2, -0.15) is 0 Å². The Morgan fingerprint density at radius 1 is 1.14 bits per heavy atom. The number of rotatable bonds is 5. The third kappa shape index (κ3) is 4.61. The van der Waals surface area contributed by atoms with E-state index in [0.717, 1.165) is 4.47 Å². The van der Waals surface area contributed by atoms with E-state index in [0.29, 0.717) is 17.0 Å². The maximum Gasteiger partial charge on any atom is 0.341 e. The molecule has 0 aromatic heterocycles. The average Bonchev–Trinajstić information content (AvgIpc) is 2.46. The fourth-order valence-electron chi connectivity index (χ4n) is 1.61. The molecule has 0 radical (unpaired) electrons. The number of anilines is 1. The number of carbonyl (C=O) groups is 2. The van der Waals surface area contributed by atoms with Crippen LogP contribution in [0, 0.1) is 0 Å². The Hall–Kier alpha value is -2.34. The van der Waals surface area contributed by atoms with E-state index in [9.17, 15) is 9.59 Å². The van der Waals surface area contributed by atoms with Crippen LogP contribution >= 0.6 is 15.9 Å². The van der Waals surface area contributed by atoms with Gasteiger partial charge in [0.1, 0.15) is 5.75 Å². The highest BCUT2D eigenvalue weighted by molar-refractivity contribution is 9.10. The van der Waals surface area contributed by atoms with Crippen molar-refractivity contribution in [2.24, 2.45) is 0 Å². The first kappa shape index (κ1) is 15.1. The first-order valence-corrected chi connectivity index (χ1v) is 6.85. The first-order chi connectivity index (χ1) is 10.0. The van der Waals surface area contributed by atoms with Gasteiger partial charge in [0.15, 0.2) is 6.61 Å². The molecule has 0 aliphatic heterocycles. The van der Waals surface area contributed by atoms with Crippen molar-refractivity contribution in [2.45, 2.75) is 0 Å². The van der Waals surface area contributed by atoms with E-state index >= 15 is 0 Å². The minimum absolute atomic E-state index is 0.252. The van der Waals surface area contributed by atoms with Crippen LogP contribution in [0.5, 0.6) is 5.75 Å². The van der Waals surface area contributed by atoms with Gasteiger partial charge in [0.05, 0.1) is 0 Å². The Labute approximate surface area is 129 Å². The van der Waals surface area contributed by atoms with Gasteiger partial charge in [0, 0.05) is 21.8 Å². The summed E-state index contributed by atoms with van der Waals surface area (Å²) in [6.45, 7) is -0.426. The number of aliphatic carboxylic acids is 1. The summed E-state index contributed by atoms with van der Waals surface area (Å²) in [6.07, 6.45) is 0. The van der Waals surface area contributed by atoms with Gasteiger partial charge >= 0.3 is 5.97 Å². The zero-order chi connectivity index (χ0) is 15.2. The van der Waals surface area contributed by atoms with Crippen LogP contribution in [0.1, 0.15) is 10.4 Å². The van der Waals surface area contributed by atoms with E-state index in [1.807, 2.05) is 0 Å². The zero-order valence-corrected chi connectivity index (χ0v) is 12.5. The molecule has 2 aromatic carbocycles. The van der Waals surface area contributed by atoms with E-state index in [4.69, 9.17) is 9.84 Å². The number of carboxylic acids is 1. The summed E-state index contributed by atoms with van der Waals surface area (Å²) in [7, 11) is 0. The Kier molecular flexibility index (Phi) is 4.94. The van der Waals surface area contributed by atoms with Crippen LogP contribution in [0.15, 0.2) is 53.0 Å². The van der Waals surface area contributed by atoms with Crippen molar-refractivity contribution in [3.05, 3.63) is 58.6 Å². The van der Waals surface area contributed by atoms with Gasteiger partial charge in [-0.3, -0.25) is 4.79 Å². The molecule has 2 rings (SSSR count). The van der Waals surface area contributed by atoms with Gasteiger partial charge in [-0.15, -0.1) is 0 Å². The zero-order valence-electron chi connectivity index (χ0n) is 10.9. The largest absolute Gasteiger partial charge is 0.482 e. The molecule has 0 aliphatic rings. The minimum Gasteiger partial charge on any atom is -0.482 e. The predicted molar refractivity (Wildman–Crippen MR) is 81.7 cm³/mol. The van der Waals surface area contributed by atoms with E-state index in [1.165, 1.54) is 0 Å². The molecule has 5 nitrogen and oxygen atoms in total. The molecule has 2 N–H and O–H groups in total. The van der Waals surface area contributed by atoms with Crippen molar-refractivity contribution in [3.8, 4) is 5.75 Å². The SMILES string of the molecule is O=C(O)COc1cccc(NC(=O)c2ccc(Br)cc2)c1. The van der Waals surface area contributed by atoms with Crippen LogP contribution in [-0.2, 0) is 4.79 Å². The molecular weight excluding hydrogens is 338 g/mol. The minimum atomic E-state index is -1.06. The monoisotopic (exact) mass is 349 g/mol. The van der Waals surface area contributed by atoms with E-state index in [1.54, 1.807) is 48.5 Å². The highest BCUT2D eigenvalue weighted by atomic mass is 79.9. The van der Waals surface area contributed by atoms with Crippen molar-refractivity contribution in [1.82, 2.24) is 0 Å². The highest BCUT2D eigenvalue weighted by Crippen LogP contribution is 2.18. The maximum atomic E-state index is 12.0. The second kappa shape index (κ2) is 6.90. The van der Waals surface area contributed by atoms with Gasteiger partial charge in [-0.1, -0.05) is 22.0 Å². The van der Waals surface area contributed by atoms with Crippen LogP contribution in [-0.4, -0.2) is 23.6 Å². The number of amides is 1. The predicted octanol–water partition coefficient (Wildman–Crippen LogP) is 3.16. The van der Waals surface area contributed by atoms with Crippen LogP contribution < -0.4 is 10.1 Å².